The molecular formula is C9H13NO2. The monoisotopic (exact) mass is 167 g/mol. The summed E-state index contributed by atoms with van der Waals surface area (Å²) in [5.41, 5.74) is 0. The summed E-state index contributed by atoms with van der Waals surface area (Å²) in [5, 5.41) is 0. The van der Waals surface area contributed by atoms with E-state index < -0.39 is 0 Å². The van der Waals surface area contributed by atoms with Crippen molar-refractivity contribution in [2.24, 2.45) is 0 Å². The topological polar surface area (TPSA) is 29.5 Å². The van der Waals surface area contributed by atoms with Crippen LogP contribution in [0.1, 0.15) is 12.8 Å². The van der Waals surface area contributed by atoms with Gasteiger partial charge < -0.3 is 9.64 Å². The van der Waals surface area contributed by atoms with Crippen molar-refractivity contribution in [1.82, 2.24) is 4.90 Å². The average molecular weight is 167 g/mol. The van der Waals surface area contributed by atoms with E-state index in [-0.39, 0.29) is 12.0 Å². The van der Waals surface area contributed by atoms with Crippen molar-refractivity contribution in [2.45, 2.75) is 18.9 Å². The molecule has 0 aliphatic carbocycles. The lowest BCUT2D eigenvalue weighted by molar-refractivity contribution is -0.128. The summed E-state index contributed by atoms with van der Waals surface area (Å²) in [6, 6.07) is 0. The maximum absolute atomic E-state index is 11.1. The zero-order valence-corrected chi connectivity index (χ0v) is 7.25. The van der Waals surface area contributed by atoms with Crippen molar-refractivity contribution in [3.8, 4) is 12.3 Å². The molecule has 1 atom stereocenters. The third-order valence-electron chi connectivity index (χ3n) is 2.03. The average Bonchev–Trinajstić information content (AvgIpc) is 2.47. The van der Waals surface area contributed by atoms with Crippen LogP contribution in [0.3, 0.4) is 0 Å². The lowest BCUT2D eigenvalue weighted by Gasteiger charge is -2.18. The second-order valence-corrected chi connectivity index (χ2v) is 2.83. The SMILES string of the molecule is C#CC(CN1CCCC1=O)OC. The highest BCUT2D eigenvalue weighted by Crippen LogP contribution is 2.10. The molecule has 0 saturated carbocycles. The van der Waals surface area contributed by atoms with Gasteiger partial charge in [0.15, 0.2) is 0 Å². The quantitative estimate of drug-likeness (QED) is 0.564. The number of ether oxygens (including phenoxy) is 1. The normalized spacial score (nSPS) is 19.3. The van der Waals surface area contributed by atoms with Gasteiger partial charge in [0.2, 0.25) is 5.91 Å². The van der Waals surface area contributed by atoms with Crippen LogP contribution >= 0.6 is 0 Å². The van der Waals surface area contributed by atoms with Gasteiger partial charge in [-0.05, 0) is 6.42 Å². The summed E-state index contributed by atoms with van der Waals surface area (Å²) in [6.45, 7) is 1.35. The van der Waals surface area contributed by atoms with E-state index in [2.05, 4.69) is 5.92 Å². The van der Waals surface area contributed by atoms with Crippen LogP contribution < -0.4 is 0 Å². The number of likely N-dealkylation sites (tertiary alicyclic amines) is 1. The third-order valence-corrected chi connectivity index (χ3v) is 2.03. The maximum atomic E-state index is 11.1. The minimum atomic E-state index is -0.257. The summed E-state index contributed by atoms with van der Waals surface area (Å²) in [6.07, 6.45) is 6.53. The minimum absolute atomic E-state index is 0.187. The second kappa shape index (κ2) is 4.13. The van der Waals surface area contributed by atoms with Crippen LogP contribution in [0.4, 0.5) is 0 Å². The van der Waals surface area contributed by atoms with Gasteiger partial charge in [0.05, 0.1) is 6.54 Å². The van der Waals surface area contributed by atoms with Gasteiger partial charge >= 0.3 is 0 Å². The lowest BCUT2D eigenvalue weighted by Crippen LogP contribution is -2.33. The number of hydrogen-bond donors (Lipinski definition) is 0. The first kappa shape index (κ1) is 9.08. The Hall–Kier alpha value is -1.01. The van der Waals surface area contributed by atoms with E-state index in [0.717, 1.165) is 13.0 Å². The molecule has 0 radical (unpaired) electrons. The number of rotatable bonds is 3. The van der Waals surface area contributed by atoms with Crippen LogP contribution in [0, 0.1) is 12.3 Å². The number of amides is 1. The zero-order chi connectivity index (χ0) is 8.97. The van der Waals surface area contributed by atoms with Crippen molar-refractivity contribution < 1.29 is 9.53 Å². The largest absolute Gasteiger partial charge is 0.367 e. The summed E-state index contributed by atoms with van der Waals surface area (Å²) in [7, 11) is 1.56. The molecule has 0 spiro atoms. The molecule has 1 heterocycles. The van der Waals surface area contributed by atoms with E-state index in [4.69, 9.17) is 11.2 Å². The molecule has 1 aliphatic rings. The highest BCUT2D eigenvalue weighted by Gasteiger charge is 2.22. The molecular weight excluding hydrogens is 154 g/mol. The molecule has 0 N–H and O–H groups in total. The van der Waals surface area contributed by atoms with Crippen molar-refractivity contribution >= 4 is 5.91 Å². The molecule has 1 amide bonds. The first-order valence-corrected chi connectivity index (χ1v) is 4.04. The number of nitrogens with zero attached hydrogens (tertiary/aromatic N) is 1. The van der Waals surface area contributed by atoms with E-state index in [0.29, 0.717) is 13.0 Å². The second-order valence-electron chi connectivity index (χ2n) is 2.83. The first-order valence-electron chi connectivity index (χ1n) is 4.04. The molecule has 3 heteroatoms. The van der Waals surface area contributed by atoms with E-state index in [1.54, 1.807) is 12.0 Å². The van der Waals surface area contributed by atoms with Crippen LogP contribution in [-0.2, 0) is 9.53 Å². The number of carbonyl (C=O) groups excluding carboxylic acids is 1. The Bertz CT molecular complexity index is 207. The molecule has 12 heavy (non-hydrogen) atoms. The number of terminal acetylenes is 1. The Morgan fingerprint density at radius 2 is 2.58 bits per heavy atom. The number of methoxy groups -OCH3 is 1. The van der Waals surface area contributed by atoms with Crippen LogP contribution in [0.2, 0.25) is 0 Å². The Labute approximate surface area is 72.7 Å². The summed E-state index contributed by atoms with van der Waals surface area (Å²) >= 11 is 0. The third kappa shape index (κ3) is 1.99. The Morgan fingerprint density at radius 3 is 3.00 bits per heavy atom. The summed E-state index contributed by atoms with van der Waals surface area (Å²) < 4.78 is 4.98. The van der Waals surface area contributed by atoms with Crippen LogP contribution in [0.5, 0.6) is 0 Å². The van der Waals surface area contributed by atoms with Gasteiger partial charge in [0.25, 0.3) is 0 Å². The van der Waals surface area contributed by atoms with Gasteiger partial charge in [-0.25, -0.2) is 0 Å². The Balaban J connectivity index is 2.40. The molecule has 1 saturated heterocycles. The van der Waals surface area contributed by atoms with E-state index in [1.165, 1.54) is 0 Å². The fourth-order valence-electron chi connectivity index (χ4n) is 1.29. The zero-order valence-electron chi connectivity index (χ0n) is 7.25. The maximum Gasteiger partial charge on any atom is 0.222 e. The molecule has 1 unspecified atom stereocenters. The van der Waals surface area contributed by atoms with E-state index in [9.17, 15) is 4.79 Å². The molecule has 0 aromatic heterocycles. The molecule has 3 nitrogen and oxygen atoms in total. The minimum Gasteiger partial charge on any atom is -0.367 e. The number of hydrogen-bond acceptors (Lipinski definition) is 2. The van der Waals surface area contributed by atoms with Crippen LogP contribution in [0.25, 0.3) is 0 Å². The Kier molecular flexibility index (Phi) is 3.12. The van der Waals surface area contributed by atoms with E-state index >= 15 is 0 Å². The van der Waals surface area contributed by atoms with Crippen LogP contribution in [-0.4, -0.2) is 37.1 Å². The van der Waals surface area contributed by atoms with E-state index in [1.807, 2.05) is 0 Å². The molecule has 1 rings (SSSR count). The molecule has 1 aliphatic heterocycles. The van der Waals surface area contributed by atoms with Crippen molar-refractivity contribution in [3.05, 3.63) is 0 Å². The lowest BCUT2D eigenvalue weighted by atomic mass is 10.3. The van der Waals surface area contributed by atoms with Gasteiger partial charge in [0.1, 0.15) is 6.10 Å². The van der Waals surface area contributed by atoms with Crippen molar-refractivity contribution in [1.29, 1.82) is 0 Å². The predicted molar refractivity (Wildman–Crippen MR) is 45.4 cm³/mol. The first-order chi connectivity index (χ1) is 5.77. The smallest absolute Gasteiger partial charge is 0.222 e. The number of carbonyl (C=O) groups is 1. The fourth-order valence-corrected chi connectivity index (χ4v) is 1.29. The molecule has 0 aromatic rings. The highest BCUT2D eigenvalue weighted by molar-refractivity contribution is 5.78. The van der Waals surface area contributed by atoms with Gasteiger partial charge in [-0.1, -0.05) is 5.92 Å². The molecule has 66 valence electrons. The van der Waals surface area contributed by atoms with Crippen molar-refractivity contribution in [2.75, 3.05) is 20.2 Å². The Morgan fingerprint density at radius 1 is 1.83 bits per heavy atom. The van der Waals surface area contributed by atoms with Gasteiger partial charge in [0, 0.05) is 20.1 Å². The van der Waals surface area contributed by atoms with Crippen molar-refractivity contribution in [3.63, 3.8) is 0 Å². The highest BCUT2D eigenvalue weighted by atomic mass is 16.5. The molecule has 0 aromatic carbocycles. The molecule has 1 fully saturated rings. The van der Waals surface area contributed by atoms with Gasteiger partial charge in [-0.15, -0.1) is 6.42 Å². The molecule has 0 bridgehead atoms. The van der Waals surface area contributed by atoms with Crippen LogP contribution in [0.15, 0.2) is 0 Å². The summed E-state index contributed by atoms with van der Waals surface area (Å²) in [5.74, 6) is 2.67. The standard InChI is InChI=1S/C9H13NO2/c1-3-8(12-2)7-10-6-4-5-9(10)11/h1,8H,4-7H2,2H3. The van der Waals surface area contributed by atoms with Gasteiger partial charge in [-0.3, -0.25) is 4.79 Å². The fraction of sp³-hybridized carbons (Fsp3) is 0.667. The summed E-state index contributed by atoms with van der Waals surface area (Å²) in [4.78, 5) is 12.9. The van der Waals surface area contributed by atoms with Gasteiger partial charge in [-0.2, -0.15) is 0 Å². The predicted octanol–water partition coefficient (Wildman–Crippen LogP) is 0.257.